The van der Waals surface area contributed by atoms with Crippen molar-refractivity contribution in [3.8, 4) is 0 Å². The molecule has 1 nitrogen and oxygen atoms in total. The van der Waals surface area contributed by atoms with Crippen LogP contribution in [0.2, 0.25) is 0 Å². The Morgan fingerprint density at radius 3 is 1.11 bits per heavy atom. The van der Waals surface area contributed by atoms with Crippen LogP contribution < -0.4 is 0 Å². The molecule has 0 amide bonds. The van der Waals surface area contributed by atoms with Gasteiger partial charge in [-0.3, -0.25) is 0 Å². The molecular weight excluding hydrogens is 220 g/mol. The van der Waals surface area contributed by atoms with Crippen LogP contribution in [0.1, 0.15) is 38.5 Å². The molecule has 7 fully saturated rings. The van der Waals surface area contributed by atoms with Crippen molar-refractivity contribution in [2.24, 2.45) is 47.3 Å². The lowest BCUT2D eigenvalue weighted by Gasteiger charge is -2.69. The maximum Gasteiger partial charge on any atom is 0.0766 e. The van der Waals surface area contributed by atoms with Gasteiger partial charge in [-0.05, 0) is 85.9 Å². The van der Waals surface area contributed by atoms with Crippen molar-refractivity contribution in [2.45, 2.75) is 38.5 Å². The highest BCUT2D eigenvalue weighted by atomic mass is 16.5. The lowest BCUT2D eigenvalue weighted by molar-refractivity contribution is -0.202. The predicted molar refractivity (Wildman–Crippen MR) is 72.8 cm³/mol. The average Bonchev–Trinajstić information content (AvgIpc) is 2.44. The normalized spacial score (nSPS) is 57.2. The maximum absolute atomic E-state index is 4.31. The summed E-state index contributed by atoms with van der Waals surface area (Å²) in [5, 5.41) is 0. The van der Waals surface area contributed by atoms with Crippen LogP contribution in [0, 0.1) is 47.3 Å². The van der Waals surface area contributed by atoms with Gasteiger partial charge in [0.15, 0.2) is 0 Å². The summed E-state index contributed by atoms with van der Waals surface area (Å²) in [5.41, 5.74) is 0. The molecule has 7 aliphatic rings. The molecule has 7 aliphatic carbocycles. The zero-order valence-electron chi connectivity index (χ0n) is 11.6. The molecule has 0 atom stereocenters. The van der Waals surface area contributed by atoms with Crippen molar-refractivity contribution < 1.29 is 4.74 Å². The topological polar surface area (TPSA) is 9.23 Å². The van der Waals surface area contributed by atoms with Gasteiger partial charge in [-0.1, -0.05) is 6.58 Å². The van der Waals surface area contributed by atoms with Crippen molar-refractivity contribution in [3.05, 3.63) is 12.8 Å². The van der Waals surface area contributed by atoms with Crippen LogP contribution in [-0.2, 0) is 4.74 Å². The summed E-state index contributed by atoms with van der Waals surface area (Å²) in [6, 6.07) is 0. The van der Waals surface area contributed by atoms with Gasteiger partial charge in [0.2, 0.25) is 0 Å². The molecular formula is C17H26O. The fourth-order valence-electron chi connectivity index (χ4n) is 6.89. The molecule has 0 aromatic rings. The summed E-state index contributed by atoms with van der Waals surface area (Å²) in [4.78, 5) is 0. The lowest BCUT2D eigenvalue weighted by atomic mass is 9.36. The molecule has 0 spiro atoms. The summed E-state index contributed by atoms with van der Waals surface area (Å²) >= 11 is 0. The van der Waals surface area contributed by atoms with E-state index in [1.807, 2.05) is 0 Å². The molecule has 1 heteroatoms. The van der Waals surface area contributed by atoms with Crippen molar-refractivity contribution >= 4 is 0 Å². The minimum atomic E-state index is 1.19. The SMILES string of the molecule is C1C2CC3C4CC5CC(C14)C(C2)C3C5.C=COC. The fourth-order valence-corrected chi connectivity index (χ4v) is 6.89. The van der Waals surface area contributed by atoms with Crippen LogP contribution in [-0.4, -0.2) is 7.11 Å². The summed E-state index contributed by atoms with van der Waals surface area (Å²) in [5.74, 6) is 9.74. The minimum absolute atomic E-state index is 1.19. The zero-order chi connectivity index (χ0) is 12.3. The third-order valence-corrected chi connectivity index (χ3v) is 7.10. The van der Waals surface area contributed by atoms with E-state index in [1.165, 1.54) is 53.6 Å². The molecule has 8 bridgehead atoms. The van der Waals surface area contributed by atoms with E-state index in [9.17, 15) is 0 Å². The van der Waals surface area contributed by atoms with E-state index in [2.05, 4.69) is 11.3 Å². The smallest absolute Gasteiger partial charge is 0.0766 e. The Balaban J connectivity index is 0.000000198. The number of ether oxygens (including phenoxy) is 1. The predicted octanol–water partition coefficient (Wildman–Crippen LogP) is 4.10. The second-order valence-electron chi connectivity index (χ2n) is 7.53. The third kappa shape index (κ3) is 1.39. The van der Waals surface area contributed by atoms with Crippen molar-refractivity contribution in [1.29, 1.82) is 0 Å². The number of hydrogen-bond acceptors (Lipinski definition) is 1. The molecule has 7 saturated carbocycles. The summed E-state index contributed by atoms with van der Waals surface area (Å²) in [6.07, 6.45) is 11.3. The van der Waals surface area contributed by atoms with E-state index in [4.69, 9.17) is 0 Å². The maximum atomic E-state index is 4.31. The lowest BCUT2D eigenvalue weighted by Crippen LogP contribution is -2.62. The van der Waals surface area contributed by atoms with E-state index >= 15 is 0 Å². The number of rotatable bonds is 1. The van der Waals surface area contributed by atoms with Crippen LogP contribution in [0.5, 0.6) is 0 Å². The van der Waals surface area contributed by atoms with Gasteiger partial charge in [0, 0.05) is 0 Å². The summed E-state index contributed by atoms with van der Waals surface area (Å²) in [7, 11) is 1.56. The van der Waals surface area contributed by atoms with Crippen LogP contribution in [0.3, 0.4) is 0 Å². The Kier molecular flexibility index (Phi) is 2.54. The molecule has 0 unspecified atom stereocenters. The van der Waals surface area contributed by atoms with E-state index in [0.29, 0.717) is 0 Å². The van der Waals surface area contributed by atoms with Crippen LogP contribution in [0.25, 0.3) is 0 Å². The second kappa shape index (κ2) is 4.02. The zero-order valence-corrected chi connectivity index (χ0v) is 11.6. The van der Waals surface area contributed by atoms with Gasteiger partial charge >= 0.3 is 0 Å². The van der Waals surface area contributed by atoms with Crippen LogP contribution >= 0.6 is 0 Å². The number of hydrogen-bond donors (Lipinski definition) is 0. The molecule has 0 radical (unpaired) electrons. The first kappa shape index (κ1) is 11.4. The summed E-state index contributed by atoms with van der Waals surface area (Å²) in [6.45, 7) is 3.26. The van der Waals surface area contributed by atoms with Gasteiger partial charge in [0.05, 0.1) is 13.4 Å². The van der Waals surface area contributed by atoms with Gasteiger partial charge in [-0.25, -0.2) is 0 Å². The first-order valence-corrected chi connectivity index (χ1v) is 7.95. The molecule has 0 aromatic heterocycles. The van der Waals surface area contributed by atoms with Crippen molar-refractivity contribution in [2.75, 3.05) is 7.11 Å². The average molecular weight is 246 g/mol. The molecule has 0 N–H and O–H groups in total. The molecule has 0 heterocycles. The van der Waals surface area contributed by atoms with Gasteiger partial charge in [-0.2, -0.15) is 0 Å². The quantitative estimate of drug-likeness (QED) is 0.633. The highest BCUT2D eigenvalue weighted by Crippen LogP contribution is 2.71. The Morgan fingerprint density at radius 1 is 0.722 bits per heavy atom. The van der Waals surface area contributed by atoms with E-state index in [1.54, 1.807) is 45.6 Å². The van der Waals surface area contributed by atoms with Gasteiger partial charge < -0.3 is 4.74 Å². The molecule has 0 saturated heterocycles. The largest absolute Gasteiger partial charge is 0.505 e. The Labute approximate surface area is 111 Å². The van der Waals surface area contributed by atoms with Crippen molar-refractivity contribution in [1.82, 2.24) is 0 Å². The van der Waals surface area contributed by atoms with Crippen LogP contribution in [0.15, 0.2) is 12.8 Å². The first-order chi connectivity index (χ1) is 8.81. The fraction of sp³-hybridized carbons (Fsp3) is 0.882. The third-order valence-electron chi connectivity index (χ3n) is 7.10. The van der Waals surface area contributed by atoms with Crippen molar-refractivity contribution in [3.63, 3.8) is 0 Å². The Morgan fingerprint density at radius 2 is 0.944 bits per heavy atom. The molecule has 0 aliphatic heterocycles. The molecule has 18 heavy (non-hydrogen) atoms. The van der Waals surface area contributed by atoms with Gasteiger partial charge in [-0.15, -0.1) is 0 Å². The van der Waals surface area contributed by atoms with E-state index in [0.717, 1.165) is 0 Å². The highest BCUT2D eigenvalue weighted by molar-refractivity contribution is 5.12. The Bertz CT molecular complexity index is 260. The monoisotopic (exact) mass is 246 g/mol. The van der Waals surface area contributed by atoms with Crippen LogP contribution in [0.4, 0.5) is 0 Å². The first-order valence-electron chi connectivity index (χ1n) is 7.95. The number of methoxy groups -OCH3 is 1. The van der Waals surface area contributed by atoms with E-state index < -0.39 is 0 Å². The second-order valence-corrected chi connectivity index (χ2v) is 7.53. The van der Waals surface area contributed by atoms with E-state index in [-0.39, 0.29) is 0 Å². The minimum Gasteiger partial charge on any atom is -0.505 e. The van der Waals surface area contributed by atoms with Gasteiger partial charge in [0.25, 0.3) is 0 Å². The molecule has 0 aromatic carbocycles. The summed E-state index contributed by atoms with van der Waals surface area (Å²) < 4.78 is 4.31. The Hall–Kier alpha value is -0.460. The molecule has 100 valence electrons. The highest BCUT2D eigenvalue weighted by Gasteiger charge is 2.63. The molecule has 7 rings (SSSR count). The standard InChI is InChI=1S/C14H20.C3H6O/c1-7-2-12-10-4-8-5-11(9(1)10)13(3-7)14(12)6-8;1-3-4-2/h7-14H,1-6H2;3H,1H2,2H3. The van der Waals surface area contributed by atoms with Gasteiger partial charge in [0.1, 0.15) is 0 Å².